The maximum absolute atomic E-state index is 11.3. The number of hydrogen-bond acceptors (Lipinski definition) is 4. The molecule has 1 aromatic rings. The molecule has 1 atom stereocenters. The van der Waals surface area contributed by atoms with E-state index < -0.39 is 12.0 Å². The number of hydrogen-bond donors (Lipinski definition) is 3. The smallest absolute Gasteiger partial charge is 0.248 e. The molecule has 4 N–H and O–H groups in total. The molecule has 0 fully saturated rings. The number of ether oxygens (including phenoxy) is 1. The zero-order valence-electron chi connectivity index (χ0n) is 9.83. The van der Waals surface area contributed by atoms with Gasteiger partial charge in [-0.15, -0.1) is 0 Å². The van der Waals surface area contributed by atoms with Gasteiger partial charge in [-0.3, -0.25) is 9.59 Å². The third-order valence-corrected chi connectivity index (χ3v) is 2.16. The largest absolute Gasteiger partial charge is 0.493 e. The number of aliphatic hydroxyl groups is 1. The lowest BCUT2D eigenvalue weighted by molar-refractivity contribution is -0.127. The van der Waals surface area contributed by atoms with Crippen molar-refractivity contribution in [3.63, 3.8) is 0 Å². The second kappa shape index (κ2) is 7.29. The zero-order valence-corrected chi connectivity index (χ0v) is 9.83. The topological polar surface area (TPSA) is 102 Å². The minimum Gasteiger partial charge on any atom is -0.493 e. The first-order chi connectivity index (χ1) is 8.59. The summed E-state index contributed by atoms with van der Waals surface area (Å²) >= 11 is 0. The molecular weight excluding hydrogens is 236 g/mol. The van der Waals surface area contributed by atoms with Crippen molar-refractivity contribution in [2.24, 2.45) is 5.73 Å². The van der Waals surface area contributed by atoms with Crippen LogP contribution in [0.5, 0.6) is 5.75 Å². The normalized spacial score (nSPS) is 11.6. The van der Waals surface area contributed by atoms with Gasteiger partial charge in [-0.25, -0.2) is 0 Å². The summed E-state index contributed by atoms with van der Waals surface area (Å²) in [6.07, 6.45) is -1.22. The molecule has 0 aliphatic heterocycles. The Balaban J connectivity index is 2.16. The Morgan fingerprint density at radius 2 is 2.00 bits per heavy atom. The number of rotatable bonds is 7. The van der Waals surface area contributed by atoms with E-state index in [1.165, 1.54) is 0 Å². The maximum Gasteiger partial charge on any atom is 0.248 e. The van der Waals surface area contributed by atoms with Crippen LogP contribution in [0.25, 0.3) is 0 Å². The molecule has 0 spiro atoms. The number of aliphatic hydroxyl groups excluding tert-OH is 1. The molecule has 6 heteroatoms. The average Bonchev–Trinajstić information content (AvgIpc) is 2.37. The Labute approximate surface area is 105 Å². The highest BCUT2D eigenvalue weighted by Crippen LogP contribution is 2.08. The molecule has 6 nitrogen and oxygen atoms in total. The molecule has 0 radical (unpaired) electrons. The van der Waals surface area contributed by atoms with Crippen molar-refractivity contribution in [3.8, 4) is 5.75 Å². The Kier molecular flexibility index (Phi) is 5.66. The fraction of sp³-hybridized carbons (Fsp3) is 0.333. The van der Waals surface area contributed by atoms with Gasteiger partial charge in [0, 0.05) is 0 Å². The summed E-state index contributed by atoms with van der Waals surface area (Å²) in [4.78, 5) is 21.8. The minimum atomic E-state index is -1.36. The highest BCUT2D eigenvalue weighted by atomic mass is 16.5. The molecule has 2 amide bonds. The Bertz CT molecular complexity index is 394. The van der Waals surface area contributed by atoms with Gasteiger partial charge in [0.05, 0.1) is 19.6 Å². The van der Waals surface area contributed by atoms with Crippen LogP contribution >= 0.6 is 0 Å². The van der Waals surface area contributed by atoms with Crippen molar-refractivity contribution < 1.29 is 19.4 Å². The second-order valence-corrected chi connectivity index (χ2v) is 3.63. The fourth-order valence-corrected chi connectivity index (χ4v) is 1.18. The summed E-state index contributed by atoms with van der Waals surface area (Å²) in [6.45, 7) is 0.0437. The summed E-state index contributed by atoms with van der Waals surface area (Å²) in [5.74, 6) is -0.496. The van der Waals surface area contributed by atoms with Gasteiger partial charge in [0.2, 0.25) is 11.8 Å². The molecule has 0 saturated heterocycles. The standard InChI is InChI=1S/C12H16N2O4/c13-12(17)10(15)8-14-11(16)6-7-18-9-4-2-1-3-5-9/h1-5,10,15H,6-8H2,(H2,13,17)(H,14,16). The van der Waals surface area contributed by atoms with Crippen molar-refractivity contribution in [3.05, 3.63) is 30.3 Å². The van der Waals surface area contributed by atoms with E-state index in [2.05, 4.69) is 5.32 Å². The monoisotopic (exact) mass is 252 g/mol. The van der Waals surface area contributed by atoms with Gasteiger partial charge in [0.1, 0.15) is 11.9 Å². The summed E-state index contributed by atoms with van der Waals surface area (Å²) < 4.78 is 5.32. The van der Waals surface area contributed by atoms with Crippen LogP contribution in [0, 0.1) is 0 Å². The Hall–Kier alpha value is -2.08. The molecule has 1 rings (SSSR count). The highest BCUT2D eigenvalue weighted by Gasteiger charge is 2.11. The molecule has 0 aliphatic rings. The summed E-state index contributed by atoms with van der Waals surface area (Å²) in [7, 11) is 0. The molecule has 1 aromatic carbocycles. The summed E-state index contributed by atoms with van der Waals surface area (Å²) in [6, 6.07) is 9.10. The van der Waals surface area contributed by atoms with E-state index in [4.69, 9.17) is 15.6 Å². The van der Waals surface area contributed by atoms with Crippen LogP contribution < -0.4 is 15.8 Å². The molecule has 0 bridgehead atoms. The Morgan fingerprint density at radius 1 is 1.33 bits per heavy atom. The molecule has 0 aliphatic carbocycles. The van der Waals surface area contributed by atoms with Crippen molar-refractivity contribution in [2.75, 3.05) is 13.2 Å². The second-order valence-electron chi connectivity index (χ2n) is 3.63. The average molecular weight is 252 g/mol. The van der Waals surface area contributed by atoms with Crippen LogP contribution in [0.2, 0.25) is 0 Å². The lowest BCUT2D eigenvalue weighted by Crippen LogP contribution is -2.40. The van der Waals surface area contributed by atoms with Gasteiger partial charge in [0.25, 0.3) is 0 Å². The van der Waals surface area contributed by atoms with Gasteiger partial charge in [0.15, 0.2) is 0 Å². The Morgan fingerprint density at radius 3 is 2.61 bits per heavy atom. The molecule has 18 heavy (non-hydrogen) atoms. The maximum atomic E-state index is 11.3. The van der Waals surface area contributed by atoms with Gasteiger partial charge in [-0.2, -0.15) is 0 Å². The lowest BCUT2D eigenvalue weighted by Gasteiger charge is -2.09. The van der Waals surface area contributed by atoms with Crippen molar-refractivity contribution in [1.82, 2.24) is 5.32 Å². The first-order valence-corrected chi connectivity index (χ1v) is 5.51. The van der Waals surface area contributed by atoms with Gasteiger partial charge in [-0.1, -0.05) is 18.2 Å². The van der Waals surface area contributed by atoms with Crippen LogP contribution in [0.3, 0.4) is 0 Å². The van der Waals surface area contributed by atoms with E-state index in [0.717, 1.165) is 0 Å². The first-order valence-electron chi connectivity index (χ1n) is 5.51. The number of amides is 2. The van der Waals surface area contributed by atoms with Crippen molar-refractivity contribution >= 4 is 11.8 Å². The van der Waals surface area contributed by atoms with Crippen LogP contribution in [-0.2, 0) is 9.59 Å². The van der Waals surface area contributed by atoms with Crippen LogP contribution in [0.1, 0.15) is 6.42 Å². The van der Waals surface area contributed by atoms with E-state index in [1.807, 2.05) is 18.2 Å². The quantitative estimate of drug-likeness (QED) is 0.604. The highest BCUT2D eigenvalue weighted by molar-refractivity contribution is 5.80. The lowest BCUT2D eigenvalue weighted by atomic mass is 10.3. The molecule has 0 aromatic heterocycles. The van der Waals surface area contributed by atoms with E-state index >= 15 is 0 Å². The minimum absolute atomic E-state index is 0.139. The van der Waals surface area contributed by atoms with Crippen molar-refractivity contribution in [2.45, 2.75) is 12.5 Å². The fourth-order valence-electron chi connectivity index (χ4n) is 1.18. The van der Waals surface area contributed by atoms with E-state index in [9.17, 15) is 9.59 Å². The van der Waals surface area contributed by atoms with E-state index in [0.29, 0.717) is 5.75 Å². The summed E-state index contributed by atoms with van der Waals surface area (Å²) in [5, 5.41) is 11.4. The van der Waals surface area contributed by atoms with Crippen LogP contribution in [0.4, 0.5) is 0 Å². The number of benzene rings is 1. The SMILES string of the molecule is NC(=O)C(O)CNC(=O)CCOc1ccccc1. The third kappa shape index (κ3) is 5.31. The van der Waals surface area contributed by atoms with Gasteiger partial charge >= 0.3 is 0 Å². The number of carbonyl (C=O) groups excluding carboxylic acids is 2. The van der Waals surface area contributed by atoms with E-state index in [-0.39, 0.29) is 25.5 Å². The zero-order chi connectivity index (χ0) is 13.4. The molecule has 0 heterocycles. The van der Waals surface area contributed by atoms with Gasteiger partial charge in [-0.05, 0) is 12.1 Å². The van der Waals surface area contributed by atoms with Gasteiger partial charge < -0.3 is 20.9 Å². The predicted octanol–water partition coefficient (Wildman–Crippen LogP) is -0.582. The molecule has 0 saturated carbocycles. The molecule has 1 unspecified atom stereocenters. The third-order valence-electron chi connectivity index (χ3n) is 2.16. The number of para-hydroxylation sites is 1. The molecular formula is C12H16N2O4. The predicted molar refractivity (Wildman–Crippen MR) is 64.8 cm³/mol. The number of primary amides is 1. The van der Waals surface area contributed by atoms with Crippen molar-refractivity contribution in [1.29, 1.82) is 0 Å². The molecule has 98 valence electrons. The number of nitrogens with one attached hydrogen (secondary N) is 1. The summed E-state index contributed by atoms with van der Waals surface area (Å²) in [5.41, 5.74) is 4.83. The van der Waals surface area contributed by atoms with E-state index in [1.54, 1.807) is 12.1 Å². The number of nitrogens with two attached hydrogens (primary N) is 1. The van der Waals surface area contributed by atoms with Crippen LogP contribution in [0.15, 0.2) is 30.3 Å². The van der Waals surface area contributed by atoms with Crippen LogP contribution in [-0.4, -0.2) is 36.2 Å². The number of carbonyl (C=O) groups is 2. The first kappa shape index (κ1) is 14.0.